The summed E-state index contributed by atoms with van der Waals surface area (Å²) in [6, 6.07) is 0. The molecule has 3 heterocycles. The van der Waals surface area contributed by atoms with Crippen LogP contribution in [0, 0.1) is 6.92 Å². The number of imidazole rings is 1. The van der Waals surface area contributed by atoms with Gasteiger partial charge in [0.2, 0.25) is 5.89 Å². The first kappa shape index (κ1) is 12.3. The van der Waals surface area contributed by atoms with E-state index in [-0.39, 0.29) is 5.92 Å². The number of nitrogens with zero attached hydrogens (tertiary/aromatic N) is 4. The standard InChI is InChI=1S/C13H19N5O/c1-8(2)13-16-12(17-19-13)7-18-5-4-10-11(6-18)15-9(3)14-10/h8H,4-7H2,1-3H3,(H,14,15). The monoisotopic (exact) mass is 261 g/mol. The molecule has 0 unspecified atom stereocenters. The molecule has 0 saturated carbocycles. The number of aryl methyl sites for hydroxylation is 1. The molecule has 102 valence electrons. The molecule has 2 aromatic rings. The van der Waals surface area contributed by atoms with E-state index in [1.54, 1.807) is 0 Å². The van der Waals surface area contributed by atoms with Crippen molar-refractivity contribution in [2.24, 2.45) is 0 Å². The minimum Gasteiger partial charge on any atom is -0.345 e. The molecule has 0 aliphatic carbocycles. The molecule has 0 atom stereocenters. The zero-order valence-corrected chi connectivity index (χ0v) is 11.6. The Hall–Kier alpha value is -1.69. The maximum absolute atomic E-state index is 5.23. The van der Waals surface area contributed by atoms with E-state index in [0.29, 0.717) is 5.89 Å². The topological polar surface area (TPSA) is 70.8 Å². The summed E-state index contributed by atoms with van der Waals surface area (Å²) in [5.74, 6) is 2.76. The molecule has 2 aromatic heterocycles. The van der Waals surface area contributed by atoms with Gasteiger partial charge in [0.15, 0.2) is 5.82 Å². The average Bonchev–Trinajstić information content (AvgIpc) is 2.94. The van der Waals surface area contributed by atoms with Gasteiger partial charge in [-0.25, -0.2) is 4.98 Å². The van der Waals surface area contributed by atoms with Gasteiger partial charge in [-0.2, -0.15) is 4.98 Å². The summed E-state index contributed by atoms with van der Waals surface area (Å²) in [4.78, 5) is 14.5. The van der Waals surface area contributed by atoms with E-state index in [1.807, 2.05) is 6.92 Å². The normalized spacial score (nSPS) is 16.0. The number of H-pyrrole nitrogens is 1. The number of hydrogen-bond donors (Lipinski definition) is 1. The Bertz CT molecular complexity index is 571. The van der Waals surface area contributed by atoms with Crippen LogP contribution in [0.25, 0.3) is 0 Å². The van der Waals surface area contributed by atoms with E-state index in [2.05, 4.69) is 38.9 Å². The molecule has 6 heteroatoms. The van der Waals surface area contributed by atoms with Crippen LogP contribution >= 0.6 is 0 Å². The van der Waals surface area contributed by atoms with Gasteiger partial charge < -0.3 is 9.51 Å². The SMILES string of the molecule is Cc1nc2c([nH]1)CN(Cc1noc(C(C)C)n1)CC2. The van der Waals surface area contributed by atoms with Crippen LogP contribution in [0.15, 0.2) is 4.52 Å². The van der Waals surface area contributed by atoms with Crippen LogP contribution in [0.1, 0.15) is 48.7 Å². The molecule has 3 rings (SSSR count). The van der Waals surface area contributed by atoms with E-state index < -0.39 is 0 Å². The highest BCUT2D eigenvalue weighted by molar-refractivity contribution is 5.17. The Kier molecular flexibility index (Phi) is 3.10. The third-order valence-corrected chi connectivity index (χ3v) is 3.37. The fourth-order valence-corrected chi connectivity index (χ4v) is 2.39. The molecule has 0 aromatic carbocycles. The molecule has 1 aliphatic heterocycles. The second kappa shape index (κ2) is 4.77. The Labute approximate surface area is 112 Å². The summed E-state index contributed by atoms with van der Waals surface area (Å²) < 4.78 is 5.23. The summed E-state index contributed by atoms with van der Waals surface area (Å²) in [5, 5.41) is 4.04. The highest BCUT2D eigenvalue weighted by Gasteiger charge is 2.21. The minimum atomic E-state index is 0.282. The van der Waals surface area contributed by atoms with Crippen molar-refractivity contribution in [2.75, 3.05) is 6.54 Å². The molecular formula is C13H19N5O. The lowest BCUT2D eigenvalue weighted by molar-refractivity contribution is 0.231. The van der Waals surface area contributed by atoms with Gasteiger partial charge in [0.1, 0.15) is 5.82 Å². The van der Waals surface area contributed by atoms with Crippen LogP contribution in [0.3, 0.4) is 0 Å². The maximum atomic E-state index is 5.23. The second-order valence-corrected chi connectivity index (χ2v) is 5.41. The average molecular weight is 261 g/mol. The molecule has 6 nitrogen and oxygen atoms in total. The number of rotatable bonds is 3. The van der Waals surface area contributed by atoms with Crippen molar-refractivity contribution in [3.8, 4) is 0 Å². The second-order valence-electron chi connectivity index (χ2n) is 5.41. The number of hydrogen-bond acceptors (Lipinski definition) is 5. The zero-order chi connectivity index (χ0) is 13.4. The molecule has 0 radical (unpaired) electrons. The molecule has 19 heavy (non-hydrogen) atoms. The largest absolute Gasteiger partial charge is 0.345 e. The van der Waals surface area contributed by atoms with Gasteiger partial charge >= 0.3 is 0 Å². The summed E-state index contributed by atoms with van der Waals surface area (Å²) in [6.45, 7) is 8.70. The third-order valence-electron chi connectivity index (χ3n) is 3.37. The Morgan fingerprint density at radius 3 is 2.95 bits per heavy atom. The molecular weight excluding hydrogens is 242 g/mol. The van der Waals surface area contributed by atoms with Gasteiger partial charge in [-0.05, 0) is 6.92 Å². The van der Waals surface area contributed by atoms with Crippen LogP contribution in [-0.4, -0.2) is 31.6 Å². The van der Waals surface area contributed by atoms with Gasteiger partial charge in [-0.15, -0.1) is 0 Å². The number of nitrogens with one attached hydrogen (secondary N) is 1. The van der Waals surface area contributed by atoms with Crippen molar-refractivity contribution in [3.05, 3.63) is 28.9 Å². The van der Waals surface area contributed by atoms with Crippen LogP contribution in [0.4, 0.5) is 0 Å². The Balaban J connectivity index is 1.68. The number of fused-ring (bicyclic) bond motifs is 1. The van der Waals surface area contributed by atoms with Crippen molar-refractivity contribution in [2.45, 2.75) is 46.2 Å². The predicted octanol–water partition coefficient (Wildman–Crippen LogP) is 1.78. The molecule has 0 amide bonds. The van der Waals surface area contributed by atoms with Crippen molar-refractivity contribution in [1.29, 1.82) is 0 Å². The maximum Gasteiger partial charge on any atom is 0.229 e. The summed E-state index contributed by atoms with van der Waals surface area (Å²) in [6.07, 6.45) is 0.981. The lowest BCUT2D eigenvalue weighted by Gasteiger charge is -2.24. The van der Waals surface area contributed by atoms with Crippen LogP contribution in [0.5, 0.6) is 0 Å². The first-order chi connectivity index (χ1) is 9.11. The molecule has 0 bridgehead atoms. The van der Waals surface area contributed by atoms with E-state index in [0.717, 1.165) is 37.7 Å². The minimum absolute atomic E-state index is 0.282. The van der Waals surface area contributed by atoms with Crippen LogP contribution in [0.2, 0.25) is 0 Å². The van der Waals surface area contributed by atoms with Gasteiger partial charge in [0, 0.05) is 25.4 Å². The van der Waals surface area contributed by atoms with Gasteiger partial charge in [0.05, 0.1) is 17.9 Å². The van der Waals surface area contributed by atoms with Crippen molar-refractivity contribution >= 4 is 0 Å². The molecule has 0 saturated heterocycles. The highest BCUT2D eigenvalue weighted by Crippen LogP contribution is 2.18. The first-order valence-corrected chi connectivity index (χ1v) is 6.71. The zero-order valence-electron chi connectivity index (χ0n) is 11.6. The van der Waals surface area contributed by atoms with Crippen molar-refractivity contribution in [3.63, 3.8) is 0 Å². The first-order valence-electron chi connectivity index (χ1n) is 6.71. The Morgan fingerprint density at radius 1 is 1.37 bits per heavy atom. The quantitative estimate of drug-likeness (QED) is 0.912. The van der Waals surface area contributed by atoms with Gasteiger partial charge in [-0.1, -0.05) is 19.0 Å². The molecule has 1 N–H and O–H groups in total. The summed E-state index contributed by atoms with van der Waals surface area (Å²) in [5.41, 5.74) is 2.42. The summed E-state index contributed by atoms with van der Waals surface area (Å²) in [7, 11) is 0. The number of aromatic nitrogens is 4. The molecule has 1 aliphatic rings. The lowest BCUT2D eigenvalue weighted by Crippen LogP contribution is -2.30. The fourth-order valence-electron chi connectivity index (χ4n) is 2.39. The Morgan fingerprint density at radius 2 is 2.21 bits per heavy atom. The summed E-state index contributed by atoms with van der Waals surface area (Å²) >= 11 is 0. The van der Waals surface area contributed by atoms with E-state index in [1.165, 1.54) is 11.4 Å². The third kappa shape index (κ3) is 2.53. The van der Waals surface area contributed by atoms with Crippen LogP contribution < -0.4 is 0 Å². The van der Waals surface area contributed by atoms with Gasteiger partial charge in [-0.3, -0.25) is 4.90 Å². The van der Waals surface area contributed by atoms with Crippen LogP contribution in [-0.2, 0) is 19.5 Å². The predicted molar refractivity (Wildman–Crippen MR) is 69.5 cm³/mol. The highest BCUT2D eigenvalue weighted by atomic mass is 16.5. The lowest BCUT2D eigenvalue weighted by atomic mass is 10.1. The smallest absolute Gasteiger partial charge is 0.229 e. The number of aromatic amines is 1. The molecule has 0 spiro atoms. The molecule has 0 fully saturated rings. The van der Waals surface area contributed by atoms with Crippen molar-refractivity contribution < 1.29 is 4.52 Å². The van der Waals surface area contributed by atoms with E-state index in [9.17, 15) is 0 Å². The van der Waals surface area contributed by atoms with E-state index >= 15 is 0 Å². The van der Waals surface area contributed by atoms with Crippen molar-refractivity contribution in [1.82, 2.24) is 25.0 Å². The fraction of sp³-hybridized carbons (Fsp3) is 0.615. The van der Waals surface area contributed by atoms with Gasteiger partial charge in [0.25, 0.3) is 0 Å². The van der Waals surface area contributed by atoms with E-state index in [4.69, 9.17) is 4.52 Å².